The Balaban J connectivity index is 2.07. The van der Waals surface area contributed by atoms with Gasteiger partial charge in [-0.2, -0.15) is 0 Å². The third-order valence-corrected chi connectivity index (χ3v) is 5.09. The molecule has 0 aromatic rings. The van der Waals surface area contributed by atoms with E-state index in [0.29, 0.717) is 19.8 Å². The van der Waals surface area contributed by atoms with E-state index in [1.807, 2.05) is 13.8 Å². The number of hydrogen-bond acceptors (Lipinski definition) is 4. The molecule has 4 heteroatoms. The van der Waals surface area contributed by atoms with Crippen molar-refractivity contribution in [1.82, 2.24) is 0 Å². The second kappa shape index (κ2) is 17.1. The van der Waals surface area contributed by atoms with Gasteiger partial charge in [0.2, 0.25) is 0 Å². The highest BCUT2D eigenvalue weighted by molar-refractivity contribution is 5.00. The first-order valence-electron chi connectivity index (χ1n) is 12.0. The highest BCUT2D eigenvalue weighted by atomic mass is 16.7. The predicted octanol–water partition coefficient (Wildman–Crippen LogP) is 6.26. The zero-order valence-electron chi connectivity index (χ0n) is 19.6. The summed E-state index contributed by atoms with van der Waals surface area (Å²) in [6.45, 7) is 10.7. The second-order valence-electron chi connectivity index (χ2n) is 8.62. The van der Waals surface area contributed by atoms with Gasteiger partial charge in [-0.3, -0.25) is 0 Å². The fraction of sp³-hybridized carbons (Fsp3) is 0.920. The van der Waals surface area contributed by atoms with Crippen molar-refractivity contribution in [2.24, 2.45) is 0 Å². The van der Waals surface area contributed by atoms with Crippen molar-refractivity contribution < 1.29 is 18.9 Å². The predicted molar refractivity (Wildman–Crippen MR) is 120 cm³/mol. The van der Waals surface area contributed by atoms with Crippen molar-refractivity contribution in [2.45, 2.75) is 123 Å². The van der Waals surface area contributed by atoms with Gasteiger partial charge in [-0.05, 0) is 26.7 Å². The molecule has 1 fully saturated rings. The van der Waals surface area contributed by atoms with Crippen LogP contribution in [-0.4, -0.2) is 44.4 Å². The maximum Gasteiger partial charge on any atom is 0.163 e. The zero-order valence-corrected chi connectivity index (χ0v) is 19.6. The quantitative estimate of drug-likeness (QED) is 0.209. The molecule has 1 heterocycles. The Morgan fingerprint density at radius 1 is 0.931 bits per heavy atom. The second-order valence-corrected chi connectivity index (χ2v) is 8.62. The van der Waals surface area contributed by atoms with E-state index in [2.05, 4.69) is 25.7 Å². The first-order chi connectivity index (χ1) is 14.1. The fourth-order valence-electron chi connectivity index (χ4n) is 3.43. The molecule has 0 aliphatic carbocycles. The molecule has 0 spiro atoms. The summed E-state index contributed by atoms with van der Waals surface area (Å²) in [5.74, 6) is 6.13. The van der Waals surface area contributed by atoms with Gasteiger partial charge in [0, 0.05) is 19.4 Å². The maximum atomic E-state index is 5.90. The topological polar surface area (TPSA) is 36.9 Å². The third-order valence-electron chi connectivity index (χ3n) is 5.09. The molecule has 4 nitrogen and oxygen atoms in total. The van der Waals surface area contributed by atoms with Crippen molar-refractivity contribution in [3.05, 3.63) is 0 Å². The van der Waals surface area contributed by atoms with Crippen molar-refractivity contribution >= 4 is 0 Å². The normalized spacial score (nSPS) is 19.1. The Bertz CT molecular complexity index is 438. The summed E-state index contributed by atoms with van der Waals surface area (Å²) in [6, 6.07) is 0. The summed E-state index contributed by atoms with van der Waals surface area (Å²) in [5, 5.41) is 0. The molecule has 0 aromatic heterocycles. The van der Waals surface area contributed by atoms with Crippen LogP contribution < -0.4 is 0 Å². The van der Waals surface area contributed by atoms with Crippen LogP contribution in [0.4, 0.5) is 0 Å². The molecule has 170 valence electrons. The Labute approximate surface area is 180 Å². The minimum atomic E-state index is -0.493. The number of unbranched alkanes of at least 4 members (excludes halogenated alkanes) is 9. The molecule has 1 aliphatic heterocycles. The average Bonchev–Trinajstić information content (AvgIpc) is 3.05. The highest BCUT2D eigenvalue weighted by Crippen LogP contribution is 2.22. The molecule has 0 amide bonds. The van der Waals surface area contributed by atoms with Gasteiger partial charge in [-0.1, -0.05) is 65.2 Å². The van der Waals surface area contributed by atoms with Crippen LogP contribution >= 0.6 is 0 Å². The minimum absolute atomic E-state index is 0.00885. The van der Waals surface area contributed by atoms with Gasteiger partial charge in [-0.25, -0.2) is 0 Å². The molecule has 0 aromatic carbocycles. The Morgan fingerprint density at radius 2 is 1.62 bits per heavy atom. The summed E-state index contributed by atoms with van der Waals surface area (Å²) in [5.41, 5.74) is 0. The summed E-state index contributed by atoms with van der Waals surface area (Å²) in [4.78, 5) is 0. The van der Waals surface area contributed by atoms with Crippen molar-refractivity contribution in [3.8, 4) is 11.8 Å². The SMILES string of the molecule is CCCCCCCCCCCC#CCC(COCC1COC(C)(C)O1)OCCC. The molecule has 0 bridgehead atoms. The van der Waals surface area contributed by atoms with Crippen LogP contribution in [0, 0.1) is 11.8 Å². The van der Waals surface area contributed by atoms with E-state index in [9.17, 15) is 0 Å². The van der Waals surface area contributed by atoms with Crippen molar-refractivity contribution in [3.63, 3.8) is 0 Å². The van der Waals surface area contributed by atoms with Crippen molar-refractivity contribution in [2.75, 3.05) is 26.4 Å². The molecule has 0 saturated carbocycles. The van der Waals surface area contributed by atoms with E-state index in [4.69, 9.17) is 18.9 Å². The first-order valence-corrected chi connectivity index (χ1v) is 12.0. The molecular weight excluding hydrogens is 364 g/mol. The van der Waals surface area contributed by atoms with Crippen LogP contribution in [0.3, 0.4) is 0 Å². The van der Waals surface area contributed by atoms with Gasteiger partial charge in [0.25, 0.3) is 0 Å². The van der Waals surface area contributed by atoms with Crippen molar-refractivity contribution in [1.29, 1.82) is 0 Å². The molecule has 2 atom stereocenters. The van der Waals surface area contributed by atoms with Crippen LogP contribution in [-0.2, 0) is 18.9 Å². The van der Waals surface area contributed by atoms with Crippen LogP contribution in [0.15, 0.2) is 0 Å². The molecule has 2 unspecified atom stereocenters. The largest absolute Gasteiger partial charge is 0.376 e. The summed E-state index contributed by atoms with van der Waals surface area (Å²) in [6.07, 6.45) is 15.0. The molecule has 1 saturated heterocycles. The molecular formula is C25H46O4. The van der Waals surface area contributed by atoms with Gasteiger partial charge in [-0.15, -0.1) is 11.8 Å². The highest BCUT2D eigenvalue weighted by Gasteiger charge is 2.32. The first kappa shape index (κ1) is 26.4. The number of ether oxygens (including phenoxy) is 4. The van der Waals surface area contributed by atoms with E-state index < -0.39 is 5.79 Å². The standard InChI is InChI=1S/C25H46O4/c1-5-7-8-9-10-11-12-13-14-15-16-17-18-23(27-19-6-2)20-26-21-24-22-28-25(3,4)29-24/h23-24H,5-15,18-22H2,1-4H3. The van der Waals surface area contributed by atoms with Gasteiger partial charge >= 0.3 is 0 Å². The van der Waals surface area contributed by atoms with Crippen LogP contribution in [0.5, 0.6) is 0 Å². The summed E-state index contributed by atoms with van der Waals surface area (Å²) in [7, 11) is 0. The van der Waals surface area contributed by atoms with Gasteiger partial charge in [0.1, 0.15) is 6.10 Å². The Kier molecular flexibility index (Phi) is 15.6. The lowest BCUT2D eigenvalue weighted by Crippen LogP contribution is -2.27. The lowest BCUT2D eigenvalue weighted by molar-refractivity contribution is -0.146. The number of rotatable bonds is 17. The summed E-state index contributed by atoms with van der Waals surface area (Å²) < 4.78 is 23.1. The lowest BCUT2D eigenvalue weighted by atomic mass is 10.1. The van der Waals surface area contributed by atoms with E-state index in [-0.39, 0.29) is 12.2 Å². The van der Waals surface area contributed by atoms with Gasteiger partial charge in [0.15, 0.2) is 5.79 Å². The fourth-order valence-corrected chi connectivity index (χ4v) is 3.43. The van der Waals surface area contributed by atoms with Crippen LogP contribution in [0.1, 0.15) is 105 Å². The molecule has 1 rings (SSSR count). The molecule has 1 aliphatic rings. The number of hydrogen-bond donors (Lipinski definition) is 0. The maximum absolute atomic E-state index is 5.90. The molecule has 29 heavy (non-hydrogen) atoms. The lowest BCUT2D eigenvalue weighted by Gasteiger charge is -2.19. The molecule has 0 N–H and O–H groups in total. The average molecular weight is 411 g/mol. The smallest absolute Gasteiger partial charge is 0.163 e. The minimum Gasteiger partial charge on any atom is -0.376 e. The molecule has 0 radical (unpaired) electrons. The van der Waals surface area contributed by atoms with E-state index in [0.717, 1.165) is 25.9 Å². The van der Waals surface area contributed by atoms with Gasteiger partial charge in [0.05, 0.1) is 25.9 Å². The third kappa shape index (κ3) is 14.9. The van der Waals surface area contributed by atoms with Gasteiger partial charge < -0.3 is 18.9 Å². The van der Waals surface area contributed by atoms with Crippen LogP contribution in [0.2, 0.25) is 0 Å². The Hall–Kier alpha value is -0.600. The zero-order chi connectivity index (χ0) is 21.2. The van der Waals surface area contributed by atoms with Crippen LogP contribution in [0.25, 0.3) is 0 Å². The van der Waals surface area contributed by atoms with E-state index >= 15 is 0 Å². The van der Waals surface area contributed by atoms with E-state index in [1.165, 1.54) is 57.8 Å². The summed E-state index contributed by atoms with van der Waals surface area (Å²) >= 11 is 0. The van der Waals surface area contributed by atoms with E-state index in [1.54, 1.807) is 0 Å². The Morgan fingerprint density at radius 3 is 2.24 bits per heavy atom. The monoisotopic (exact) mass is 410 g/mol.